The summed E-state index contributed by atoms with van der Waals surface area (Å²) in [4.78, 5) is 25.2. The summed E-state index contributed by atoms with van der Waals surface area (Å²) < 4.78 is 5.56. The Morgan fingerprint density at radius 1 is 1.17 bits per heavy atom. The Kier molecular flexibility index (Phi) is 4.12. The first-order valence-electron chi connectivity index (χ1n) is 7.58. The van der Waals surface area contributed by atoms with Crippen LogP contribution in [0, 0.1) is 20.8 Å². The molecule has 1 N–H and O–H groups in total. The maximum absolute atomic E-state index is 12.3. The fraction of sp³-hybridized carbons (Fsp3) is 0.222. The molecule has 0 saturated carbocycles. The Morgan fingerprint density at radius 2 is 1.96 bits per heavy atom. The number of nitrogens with zero attached hydrogens (tertiary/aromatic N) is 3. The number of amides is 1. The lowest BCUT2D eigenvalue weighted by atomic mass is 9.94. The van der Waals surface area contributed by atoms with Crippen molar-refractivity contribution in [3.8, 4) is 22.5 Å². The minimum Gasteiger partial charge on any atom is -0.446 e. The second-order valence-electron chi connectivity index (χ2n) is 5.50. The lowest BCUT2D eigenvalue weighted by Crippen LogP contribution is -2.19. The van der Waals surface area contributed by atoms with Gasteiger partial charge in [-0.25, -0.2) is 4.98 Å². The molecule has 2 aromatic heterocycles. The van der Waals surface area contributed by atoms with Crippen LogP contribution in [0.4, 0.5) is 0 Å². The predicted molar refractivity (Wildman–Crippen MR) is 90.6 cm³/mol. The number of aromatic nitrogens is 3. The highest BCUT2D eigenvalue weighted by Crippen LogP contribution is 2.32. The van der Waals surface area contributed by atoms with Crippen LogP contribution in [-0.2, 0) is 0 Å². The third kappa shape index (κ3) is 2.78. The van der Waals surface area contributed by atoms with Crippen molar-refractivity contribution in [1.82, 2.24) is 20.3 Å². The van der Waals surface area contributed by atoms with Crippen LogP contribution in [0.15, 0.2) is 35.1 Å². The van der Waals surface area contributed by atoms with Crippen LogP contribution in [0.1, 0.15) is 27.6 Å². The summed E-state index contributed by atoms with van der Waals surface area (Å²) in [6, 6.07) is 3.79. The van der Waals surface area contributed by atoms with Gasteiger partial charge < -0.3 is 9.73 Å². The Hall–Kier alpha value is -3.02. The standard InChI is InChI=1S/C18H18N4O2/c1-10-14(17-11(2)24-12(3)22-17)7-13(8-15(10)18(23)19-4)16-9-20-5-6-21-16/h5-9H,1-4H3,(H,19,23). The Bertz CT molecular complexity index is 901. The van der Waals surface area contributed by atoms with E-state index in [1.807, 2.05) is 26.0 Å². The van der Waals surface area contributed by atoms with E-state index in [1.54, 1.807) is 32.6 Å². The first kappa shape index (κ1) is 15.9. The van der Waals surface area contributed by atoms with Gasteiger partial charge in [0.15, 0.2) is 5.89 Å². The van der Waals surface area contributed by atoms with Crippen LogP contribution < -0.4 is 5.32 Å². The summed E-state index contributed by atoms with van der Waals surface area (Å²) in [5.41, 5.74) is 4.52. The average Bonchev–Trinajstić information content (AvgIpc) is 2.93. The molecular weight excluding hydrogens is 304 g/mol. The quantitative estimate of drug-likeness (QED) is 0.801. The zero-order valence-corrected chi connectivity index (χ0v) is 14.0. The molecule has 0 aliphatic rings. The van der Waals surface area contributed by atoms with Crippen molar-refractivity contribution >= 4 is 5.91 Å². The van der Waals surface area contributed by atoms with E-state index >= 15 is 0 Å². The van der Waals surface area contributed by atoms with Gasteiger partial charge in [-0.3, -0.25) is 14.8 Å². The zero-order valence-electron chi connectivity index (χ0n) is 14.0. The molecule has 24 heavy (non-hydrogen) atoms. The highest BCUT2D eigenvalue weighted by atomic mass is 16.4. The molecule has 6 heteroatoms. The number of rotatable bonds is 3. The second kappa shape index (κ2) is 6.23. The molecule has 2 heterocycles. The van der Waals surface area contributed by atoms with E-state index in [-0.39, 0.29) is 5.91 Å². The largest absolute Gasteiger partial charge is 0.446 e. The number of nitrogens with one attached hydrogen (secondary N) is 1. The number of carbonyl (C=O) groups excluding carboxylic acids is 1. The lowest BCUT2D eigenvalue weighted by molar-refractivity contribution is 0.0962. The molecule has 1 amide bonds. The molecule has 0 fully saturated rings. The smallest absolute Gasteiger partial charge is 0.251 e. The van der Waals surface area contributed by atoms with Crippen LogP contribution in [0.3, 0.4) is 0 Å². The number of carbonyl (C=O) groups is 1. The van der Waals surface area contributed by atoms with Gasteiger partial charge in [-0.05, 0) is 31.5 Å². The first-order chi connectivity index (χ1) is 11.5. The van der Waals surface area contributed by atoms with Gasteiger partial charge in [0.1, 0.15) is 11.5 Å². The maximum atomic E-state index is 12.3. The molecule has 0 atom stereocenters. The number of benzene rings is 1. The molecule has 0 bridgehead atoms. The summed E-state index contributed by atoms with van der Waals surface area (Å²) in [6.07, 6.45) is 4.91. The van der Waals surface area contributed by atoms with Crippen molar-refractivity contribution in [3.05, 3.63) is 53.5 Å². The number of aryl methyl sites for hydroxylation is 2. The zero-order chi connectivity index (χ0) is 17.3. The topological polar surface area (TPSA) is 80.9 Å². The monoisotopic (exact) mass is 322 g/mol. The highest BCUT2D eigenvalue weighted by molar-refractivity contribution is 5.99. The van der Waals surface area contributed by atoms with Crippen LogP contribution in [0.25, 0.3) is 22.5 Å². The normalized spacial score (nSPS) is 10.7. The fourth-order valence-electron chi connectivity index (χ4n) is 2.71. The van der Waals surface area contributed by atoms with Gasteiger partial charge in [0.05, 0.1) is 11.9 Å². The molecule has 122 valence electrons. The third-order valence-corrected chi connectivity index (χ3v) is 3.90. The van der Waals surface area contributed by atoms with E-state index in [9.17, 15) is 4.79 Å². The van der Waals surface area contributed by atoms with E-state index in [4.69, 9.17) is 4.42 Å². The summed E-state index contributed by atoms with van der Waals surface area (Å²) in [7, 11) is 1.61. The molecule has 0 saturated heterocycles. The predicted octanol–water partition coefficient (Wildman–Crippen LogP) is 3.08. The van der Waals surface area contributed by atoms with Crippen molar-refractivity contribution in [3.63, 3.8) is 0 Å². The molecule has 1 aromatic carbocycles. The van der Waals surface area contributed by atoms with Crippen LogP contribution in [-0.4, -0.2) is 27.9 Å². The minimum atomic E-state index is -0.155. The second-order valence-corrected chi connectivity index (χ2v) is 5.50. The summed E-state index contributed by atoms with van der Waals surface area (Å²) >= 11 is 0. The summed E-state index contributed by atoms with van der Waals surface area (Å²) in [5, 5.41) is 2.68. The molecular formula is C18H18N4O2. The maximum Gasteiger partial charge on any atom is 0.251 e. The van der Waals surface area contributed by atoms with Gasteiger partial charge in [-0.15, -0.1) is 0 Å². The van der Waals surface area contributed by atoms with Crippen molar-refractivity contribution in [2.75, 3.05) is 7.05 Å². The Labute approximate surface area is 140 Å². The van der Waals surface area contributed by atoms with Crippen molar-refractivity contribution < 1.29 is 9.21 Å². The van der Waals surface area contributed by atoms with E-state index in [2.05, 4.69) is 20.3 Å². The minimum absolute atomic E-state index is 0.155. The van der Waals surface area contributed by atoms with E-state index in [0.717, 1.165) is 28.1 Å². The highest BCUT2D eigenvalue weighted by Gasteiger charge is 2.19. The van der Waals surface area contributed by atoms with Gasteiger partial charge in [-0.1, -0.05) is 0 Å². The van der Waals surface area contributed by atoms with E-state index < -0.39 is 0 Å². The fourth-order valence-corrected chi connectivity index (χ4v) is 2.71. The first-order valence-corrected chi connectivity index (χ1v) is 7.58. The third-order valence-electron chi connectivity index (χ3n) is 3.90. The molecule has 0 aliphatic heterocycles. The number of hydrogen-bond acceptors (Lipinski definition) is 5. The molecule has 0 unspecified atom stereocenters. The Morgan fingerprint density at radius 3 is 2.54 bits per heavy atom. The van der Waals surface area contributed by atoms with Crippen molar-refractivity contribution in [2.45, 2.75) is 20.8 Å². The van der Waals surface area contributed by atoms with Crippen LogP contribution in [0.5, 0.6) is 0 Å². The van der Waals surface area contributed by atoms with E-state index in [0.29, 0.717) is 17.1 Å². The van der Waals surface area contributed by atoms with Crippen LogP contribution in [0.2, 0.25) is 0 Å². The van der Waals surface area contributed by atoms with Crippen molar-refractivity contribution in [1.29, 1.82) is 0 Å². The molecule has 0 aliphatic carbocycles. The van der Waals surface area contributed by atoms with Gasteiger partial charge in [0.25, 0.3) is 5.91 Å². The van der Waals surface area contributed by atoms with Gasteiger partial charge in [0.2, 0.25) is 0 Å². The molecule has 3 rings (SSSR count). The average molecular weight is 322 g/mol. The number of oxazole rings is 1. The molecule has 3 aromatic rings. The molecule has 0 radical (unpaired) electrons. The van der Waals surface area contributed by atoms with Crippen LogP contribution >= 0.6 is 0 Å². The molecule has 6 nitrogen and oxygen atoms in total. The molecule has 0 spiro atoms. The Balaban J connectivity index is 2.28. The van der Waals surface area contributed by atoms with Crippen molar-refractivity contribution in [2.24, 2.45) is 0 Å². The van der Waals surface area contributed by atoms with Gasteiger partial charge in [0, 0.05) is 43.1 Å². The number of hydrogen-bond donors (Lipinski definition) is 1. The SMILES string of the molecule is CNC(=O)c1cc(-c2cnccn2)cc(-c2nc(C)oc2C)c1C. The summed E-state index contributed by atoms with van der Waals surface area (Å²) in [5.74, 6) is 1.15. The van der Waals surface area contributed by atoms with E-state index in [1.165, 1.54) is 0 Å². The lowest BCUT2D eigenvalue weighted by Gasteiger charge is -2.12. The van der Waals surface area contributed by atoms with Gasteiger partial charge >= 0.3 is 0 Å². The van der Waals surface area contributed by atoms with Gasteiger partial charge in [-0.2, -0.15) is 0 Å². The summed E-state index contributed by atoms with van der Waals surface area (Å²) in [6.45, 7) is 5.57.